The number of rotatable bonds is 3. The number of hydrogen-bond donors (Lipinski definition) is 0. The second-order valence-corrected chi connectivity index (χ2v) is 3.83. The van der Waals surface area contributed by atoms with E-state index in [1.54, 1.807) is 18.2 Å². The van der Waals surface area contributed by atoms with Gasteiger partial charge in [0.15, 0.2) is 5.12 Å². The summed E-state index contributed by atoms with van der Waals surface area (Å²) < 4.78 is 35.3. The fraction of sp³-hybridized carbons (Fsp3) is 0.333. The molecule has 6 heteroatoms. The third-order valence-electron chi connectivity index (χ3n) is 1.47. The lowest BCUT2D eigenvalue weighted by Crippen LogP contribution is -2.09. The number of alkyl halides is 3. The number of aromatic nitrogens is 1. The van der Waals surface area contributed by atoms with Gasteiger partial charge in [-0.25, -0.2) is 4.98 Å². The zero-order valence-corrected chi connectivity index (χ0v) is 8.44. The standard InChI is InChI=1S/C9H8F3NOS/c10-9(11,12)5-4-8(14)15-7-3-1-2-6-13-7/h1-3,6H,4-5H2. The Hall–Kier alpha value is -1.04. The summed E-state index contributed by atoms with van der Waals surface area (Å²) in [5.41, 5.74) is 0. The molecule has 0 amide bonds. The van der Waals surface area contributed by atoms with E-state index in [9.17, 15) is 18.0 Å². The second kappa shape index (κ2) is 5.16. The fourth-order valence-corrected chi connectivity index (χ4v) is 1.52. The van der Waals surface area contributed by atoms with Crippen LogP contribution in [0.25, 0.3) is 0 Å². The number of thioether (sulfide) groups is 1. The van der Waals surface area contributed by atoms with Crippen LogP contribution in [0.4, 0.5) is 13.2 Å². The summed E-state index contributed by atoms with van der Waals surface area (Å²) in [6, 6.07) is 4.92. The van der Waals surface area contributed by atoms with Crippen LogP contribution in [0.3, 0.4) is 0 Å². The Kier molecular flexibility index (Phi) is 4.14. The Labute approximate surface area is 88.9 Å². The molecule has 0 saturated heterocycles. The van der Waals surface area contributed by atoms with E-state index < -0.39 is 24.1 Å². The molecule has 0 aliphatic carbocycles. The van der Waals surface area contributed by atoms with Crippen molar-refractivity contribution in [2.45, 2.75) is 24.0 Å². The smallest absolute Gasteiger partial charge is 0.287 e. The molecule has 82 valence electrons. The van der Waals surface area contributed by atoms with Crippen LogP contribution >= 0.6 is 11.8 Å². The van der Waals surface area contributed by atoms with Crippen molar-refractivity contribution in [3.8, 4) is 0 Å². The van der Waals surface area contributed by atoms with Gasteiger partial charge in [0.1, 0.15) is 5.03 Å². The molecule has 0 N–H and O–H groups in total. The fourth-order valence-electron chi connectivity index (χ4n) is 0.819. The minimum atomic E-state index is -4.28. The first-order chi connectivity index (χ1) is 6.97. The quantitative estimate of drug-likeness (QED) is 0.754. The lowest BCUT2D eigenvalue weighted by Gasteiger charge is -2.04. The van der Waals surface area contributed by atoms with Gasteiger partial charge in [-0.2, -0.15) is 13.2 Å². The van der Waals surface area contributed by atoms with Crippen LogP contribution in [-0.4, -0.2) is 16.3 Å². The van der Waals surface area contributed by atoms with E-state index in [4.69, 9.17) is 0 Å². The molecule has 0 bridgehead atoms. The Balaban J connectivity index is 2.38. The van der Waals surface area contributed by atoms with Gasteiger partial charge in [0, 0.05) is 12.6 Å². The van der Waals surface area contributed by atoms with Crippen molar-refractivity contribution in [1.82, 2.24) is 4.98 Å². The monoisotopic (exact) mass is 235 g/mol. The first kappa shape index (κ1) is 12.0. The van der Waals surface area contributed by atoms with Gasteiger partial charge in [-0.05, 0) is 23.9 Å². The van der Waals surface area contributed by atoms with Crippen molar-refractivity contribution in [2.75, 3.05) is 0 Å². The molecule has 0 fully saturated rings. The Morgan fingerprint density at radius 1 is 1.40 bits per heavy atom. The Morgan fingerprint density at radius 3 is 2.67 bits per heavy atom. The average Bonchev–Trinajstić information content (AvgIpc) is 2.15. The summed E-state index contributed by atoms with van der Waals surface area (Å²) in [5.74, 6) is 0. The summed E-state index contributed by atoms with van der Waals surface area (Å²) in [5, 5.41) is -0.101. The molecule has 0 spiro atoms. The zero-order chi connectivity index (χ0) is 11.3. The highest BCUT2D eigenvalue weighted by atomic mass is 32.2. The van der Waals surface area contributed by atoms with E-state index >= 15 is 0 Å². The maximum absolute atomic E-state index is 11.8. The van der Waals surface area contributed by atoms with Gasteiger partial charge in [-0.15, -0.1) is 0 Å². The normalized spacial score (nSPS) is 11.4. The van der Waals surface area contributed by atoms with E-state index in [0.717, 1.165) is 11.8 Å². The SMILES string of the molecule is O=C(CCC(F)(F)F)Sc1ccccn1. The molecule has 15 heavy (non-hydrogen) atoms. The predicted molar refractivity (Wildman–Crippen MR) is 50.4 cm³/mol. The molecule has 0 unspecified atom stereocenters. The highest BCUT2D eigenvalue weighted by Crippen LogP contribution is 2.25. The molecular formula is C9H8F3NOS. The zero-order valence-electron chi connectivity index (χ0n) is 7.62. The van der Waals surface area contributed by atoms with Gasteiger partial charge in [-0.3, -0.25) is 4.79 Å². The molecule has 0 atom stereocenters. The summed E-state index contributed by atoms with van der Waals surface area (Å²) in [4.78, 5) is 14.9. The van der Waals surface area contributed by atoms with E-state index in [1.165, 1.54) is 6.20 Å². The van der Waals surface area contributed by atoms with E-state index in [-0.39, 0.29) is 0 Å². The predicted octanol–water partition coefficient (Wildman–Crippen LogP) is 3.04. The molecule has 0 saturated carbocycles. The van der Waals surface area contributed by atoms with E-state index in [1.807, 2.05) is 0 Å². The molecule has 2 nitrogen and oxygen atoms in total. The van der Waals surface area contributed by atoms with E-state index in [0.29, 0.717) is 5.03 Å². The largest absolute Gasteiger partial charge is 0.389 e. The van der Waals surface area contributed by atoms with Crippen LogP contribution in [0.5, 0.6) is 0 Å². The number of carbonyl (C=O) groups excluding carboxylic acids is 1. The number of hydrogen-bond acceptors (Lipinski definition) is 3. The first-order valence-electron chi connectivity index (χ1n) is 4.16. The molecule has 1 rings (SSSR count). The molecule has 1 aromatic heterocycles. The Morgan fingerprint density at radius 2 is 2.13 bits per heavy atom. The molecular weight excluding hydrogens is 227 g/mol. The van der Waals surface area contributed by atoms with Crippen molar-refractivity contribution in [1.29, 1.82) is 0 Å². The van der Waals surface area contributed by atoms with Crippen molar-refractivity contribution in [2.24, 2.45) is 0 Å². The number of carbonyl (C=O) groups is 1. The van der Waals surface area contributed by atoms with Gasteiger partial charge >= 0.3 is 6.18 Å². The summed E-state index contributed by atoms with van der Waals surface area (Å²) in [7, 11) is 0. The molecule has 1 aromatic rings. The molecule has 0 radical (unpaired) electrons. The number of nitrogens with zero attached hydrogens (tertiary/aromatic N) is 1. The van der Waals surface area contributed by atoms with Crippen molar-refractivity contribution < 1.29 is 18.0 Å². The van der Waals surface area contributed by atoms with Crippen LogP contribution < -0.4 is 0 Å². The maximum atomic E-state index is 11.8. The van der Waals surface area contributed by atoms with Crippen molar-refractivity contribution in [3.05, 3.63) is 24.4 Å². The highest BCUT2D eigenvalue weighted by Gasteiger charge is 2.28. The first-order valence-corrected chi connectivity index (χ1v) is 4.97. The van der Waals surface area contributed by atoms with Crippen LogP contribution in [0.15, 0.2) is 29.4 Å². The van der Waals surface area contributed by atoms with Crippen LogP contribution in [0, 0.1) is 0 Å². The topological polar surface area (TPSA) is 30.0 Å². The third kappa shape index (κ3) is 5.41. The van der Waals surface area contributed by atoms with Crippen molar-refractivity contribution >= 4 is 16.9 Å². The molecule has 0 aromatic carbocycles. The average molecular weight is 235 g/mol. The van der Waals surface area contributed by atoms with Crippen LogP contribution in [0.1, 0.15) is 12.8 Å². The van der Waals surface area contributed by atoms with Crippen LogP contribution in [-0.2, 0) is 4.79 Å². The molecule has 0 aliphatic heterocycles. The number of pyridine rings is 1. The van der Waals surface area contributed by atoms with Crippen molar-refractivity contribution in [3.63, 3.8) is 0 Å². The highest BCUT2D eigenvalue weighted by molar-refractivity contribution is 8.13. The van der Waals surface area contributed by atoms with E-state index in [2.05, 4.69) is 4.98 Å². The minimum Gasteiger partial charge on any atom is -0.287 e. The summed E-state index contributed by atoms with van der Waals surface area (Å²) in [6.07, 6.45) is -4.38. The maximum Gasteiger partial charge on any atom is 0.389 e. The summed E-state index contributed by atoms with van der Waals surface area (Å²) in [6.45, 7) is 0. The van der Waals surface area contributed by atoms with Gasteiger partial charge in [0.25, 0.3) is 0 Å². The van der Waals surface area contributed by atoms with Crippen LogP contribution in [0.2, 0.25) is 0 Å². The number of halogens is 3. The third-order valence-corrected chi connectivity index (χ3v) is 2.35. The lowest BCUT2D eigenvalue weighted by molar-refractivity contribution is -0.140. The molecule has 1 heterocycles. The van der Waals surface area contributed by atoms with Gasteiger partial charge in [0.2, 0.25) is 0 Å². The molecule has 0 aliphatic rings. The lowest BCUT2D eigenvalue weighted by atomic mass is 10.3. The summed E-state index contributed by atoms with van der Waals surface area (Å²) >= 11 is 0.734. The van der Waals surface area contributed by atoms with Gasteiger partial charge in [-0.1, -0.05) is 6.07 Å². The minimum absolute atomic E-state index is 0.421. The van der Waals surface area contributed by atoms with Gasteiger partial charge < -0.3 is 0 Å². The Bertz CT molecular complexity index is 326. The second-order valence-electron chi connectivity index (χ2n) is 2.76. The van der Waals surface area contributed by atoms with Gasteiger partial charge in [0.05, 0.1) is 6.42 Å².